The first-order chi connectivity index (χ1) is 23.5. The van der Waals surface area contributed by atoms with Crippen LogP contribution in [0.4, 0.5) is 0 Å². The van der Waals surface area contributed by atoms with Crippen molar-refractivity contribution < 1.29 is 29.2 Å². The van der Waals surface area contributed by atoms with Crippen LogP contribution in [-0.4, -0.2) is 96.6 Å². The average molecular weight is 740 g/mol. The van der Waals surface area contributed by atoms with E-state index in [0.717, 1.165) is 83.7 Å². The van der Waals surface area contributed by atoms with Crippen LogP contribution in [0.15, 0.2) is 121 Å². The first-order valence-corrected chi connectivity index (χ1v) is 18.5. The summed E-state index contributed by atoms with van der Waals surface area (Å²) in [5.41, 5.74) is 5.41. The minimum Gasteiger partial charge on any atom is -1.00 e. The van der Waals surface area contributed by atoms with Gasteiger partial charge in [-0.3, -0.25) is 14.7 Å². The summed E-state index contributed by atoms with van der Waals surface area (Å²) in [6.45, 7) is 23.0. The van der Waals surface area contributed by atoms with E-state index in [1.54, 1.807) is 0 Å². The molecule has 1 fully saturated rings. The number of rotatable bonds is 10. The van der Waals surface area contributed by atoms with Crippen LogP contribution < -0.4 is 12.4 Å². The quantitative estimate of drug-likeness (QED) is 0.213. The molecule has 0 amide bonds. The average Bonchev–Trinajstić information content (AvgIpc) is 3.13. The molecule has 0 N–H and O–H groups in total. The van der Waals surface area contributed by atoms with Crippen molar-refractivity contribution >= 4 is 0 Å². The molecule has 0 spiro atoms. The van der Waals surface area contributed by atoms with Gasteiger partial charge in [-0.15, -0.1) is 12.1 Å². The Bertz CT molecular complexity index is 1340. The van der Waals surface area contributed by atoms with Crippen molar-refractivity contribution in [1.29, 1.82) is 0 Å². The minimum absolute atomic E-state index is 0. The van der Waals surface area contributed by atoms with Crippen LogP contribution in [0.2, 0.25) is 0 Å². The topological polar surface area (TPSA) is 13.0 Å². The molecule has 1 saturated heterocycles. The Balaban J connectivity index is 0.000000859. The summed E-state index contributed by atoms with van der Waals surface area (Å²) in [5, 5.41) is 0. The van der Waals surface area contributed by atoms with E-state index in [1.807, 2.05) is 30.3 Å². The molecule has 1 aliphatic rings. The number of halogens is 1. The SMILES string of the molecule is CCN1CCN(CC)C(Cc2ccccc2)CN(CC)C(Cc2ccccc2)CN(CC)C(Cc2ccccc2)C1.[CH2-]c1ccccc1.[Cl-].[Co+2]. The van der Waals surface area contributed by atoms with E-state index in [4.69, 9.17) is 0 Å². The minimum atomic E-state index is 0. The molecule has 0 bridgehead atoms. The van der Waals surface area contributed by atoms with Crippen molar-refractivity contribution in [2.24, 2.45) is 0 Å². The summed E-state index contributed by atoms with van der Waals surface area (Å²) in [6, 6.07) is 44.8. The van der Waals surface area contributed by atoms with E-state index < -0.39 is 0 Å². The van der Waals surface area contributed by atoms with E-state index in [-0.39, 0.29) is 29.2 Å². The van der Waals surface area contributed by atoms with Gasteiger partial charge in [-0.1, -0.05) is 125 Å². The molecule has 4 nitrogen and oxygen atoms in total. The van der Waals surface area contributed by atoms with Gasteiger partial charge in [0.25, 0.3) is 0 Å². The standard InChI is InChI=1S/C37H54N4.C7H7.ClH.Co/c1-5-38-24-25-39(6-2)36(27-33-20-14-10-15-21-33)30-41(8-4)37(28-34-22-16-11-17-23-34)31-40(7-3)35(29-38)26-32-18-12-9-13-19-32;1-7-5-3-2-4-6-7;;/h9-23,35-37H,5-8,24-31H2,1-4H3;2-6H,1H2;1H;/q;-1;;+2/p-1. The van der Waals surface area contributed by atoms with E-state index in [9.17, 15) is 0 Å². The molecule has 0 aromatic heterocycles. The Kier molecular flexibility index (Phi) is 21.4. The zero-order valence-electron chi connectivity index (χ0n) is 31.0. The first-order valence-electron chi connectivity index (χ1n) is 18.5. The van der Waals surface area contributed by atoms with Crippen LogP contribution in [0.5, 0.6) is 0 Å². The summed E-state index contributed by atoms with van der Waals surface area (Å²) in [4.78, 5) is 11.1. The van der Waals surface area contributed by atoms with Crippen molar-refractivity contribution in [3.63, 3.8) is 0 Å². The van der Waals surface area contributed by atoms with Crippen LogP contribution in [-0.2, 0) is 36.0 Å². The number of hydrogen-bond acceptors (Lipinski definition) is 4. The van der Waals surface area contributed by atoms with Crippen molar-refractivity contribution in [1.82, 2.24) is 19.6 Å². The van der Waals surface area contributed by atoms with E-state index in [0.29, 0.717) is 18.1 Å². The van der Waals surface area contributed by atoms with Gasteiger partial charge in [0.2, 0.25) is 0 Å². The third kappa shape index (κ3) is 14.6. The number of nitrogens with zero attached hydrogens (tertiary/aromatic N) is 4. The summed E-state index contributed by atoms with van der Waals surface area (Å²) in [5.74, 6) is 0. The fraction of sp³-hybridized carbons (Fsp3) is 0.432. The van der Waals surface area contributed by atoms with Crippen LogP contribution >= 0.6 is 0 Å². The van der Waals surface area contributed by atoms with E-state index in [2.05, 4.69) is 145 Å². The summed E-state index contributed by atoms with van der Waals surface area (Å²) in [6.07, 6.45) is 3.29. The molecule has 1 radical (unpaired) electrons. The smallest absolute Gasteiger partial charge is 1.00 e. The molecule has 5 rings (SSSR count). The third-order valence-electron chi connectivity index (χ3n) is 10.1. The van der Waals surface area contributed by atoms with Gasteiger partial charge in [0, 0.05) is 50.8 Å². The monoisotopic (exact) mass is 739 g/mol. The molecule has 3 unspecified atom stereocenters. The molecular formula is C44H61ClCoN4. The van der Waals surface area contributed by atoms with Crippen molar-refractivity contribution in [3.8, 4) is 0 Å². The zero-order valence-corrected chi connectivity index (χ0v) is 32.8. The normalized spacial score (nSPS) is 19.8. The van der Waals surface area contributed by atoms with Gasteiger partial charge >= 0.3 is 16.8 Å². The van der Waals surface area contributed by atoms with Crippen LogP contribution in [0.1, 0.15) is 49.9 Å². The van der Waals surface area contributed by atoms with Crippen LogP contribution in [0, 0.1) is 6.92 Å². The maximum Gasteiger partial charge on any atom is 2.00 e. The predicted molar refractivity (Wildman–Crippen MR) is 207 cm³/mol. The van der Waals surface area contributed by atoms with Crippen molar-refractivity contribution in [2.75, 3.05) is 58.9 Å². The maximum atomic E-state index is 3.72. The van der Waals surface area contributed by atoms with Gasteiger partial charge in [0.1, 0.15) is 0 Å². The van der Waals surface area contributed by atoms with Gasteiger partial charge in [-0.2, -0.15) is 24.6 Å². The van der Waals surface area contributed by atoms with Crippen molar-refractivity contribution in [2.45, 2.75) is 65.1 Å². The number of hydrogen-bond donors (Lipinski definition) is 0. The molecule has 1 heterocycles. The molecule has 4 aromatic carbocycles. The Labute approximate surface area is 321 Å². The Morgan fingerprint density at radius 1 is 0.460 bits per heavy atom. The second kappa shape index (κ2) is 24.6. The summed E-state index contributed by atoms with van der Waals surface area (Å²) in [7, 11) is 0. The molecule has 0 saturated carbocycles. The van der Waals surface area contributed by atoms with Gasteiger partial charge in [0.15, 0.2) is 0 Å². The fourth-order valence-electron chi connectivity index (χ4n) is 7.22. The first kappa shape index (κ1) is 43.6. The Morgan fingerprint density at radius 3 is 1.12 bits per heavy atom. The molecule has 50 heavy (non-hydrogen) atoms. The van der Waals surface area contributed by atoms with Crippen molar-refractivity contribution in [3.05, 3.63) is 151 Å². The van der Waals surface area contributed by atoms with Crippen LogP contribution in [0.25, 0.3) is 0 Å². The molecule has 1 aliphatic heterocycles. The number of likely N-dealkylation sites (N-methyl/N-ethyl adjacent to an activating group) is 4. The molecule has 0 aliphatic carbocycles. The number of benzene rings is 4. The second-order valence-electron chi connectivity index (χ2n) is 13.2. The zero-order chi connectivity index (χ0) is 34.0. The van der Waals surface area contributed by atoms with Gasteiger partial charge < -0.3 is 17.3 Å². The van der Waals surface area contributed by atoms with Gasteiger partial charge in [-0.25, -0.2) is 0 Å². The maximum absolute atomic E-state index is 3.72. The van der Waals surface area contributed by atoms with Gasteiger partial charge in [-0.05, 0) is 62.1 Å². The molecule has 3 atom stereocenters. The summed E-state index contributed by atoms with van der Waals surface area (Å²) < 4.78 is 0. The van der Waals surface area contributed by atoms with Crippen LogP contribution in [0.3, 0.4) is 0 Å². The predicted octanol–water partition coefficient (Wildman–Crippen LogP) is 4.99. The summed E-state index contributed by atoms with van der Waals surface area (Å²) >= 11 is 0. The Hall–Kier alpha value is -2.61. The molecule has 273 valence electrons. The molecule has 6 heteroatoms. The molecule has 4 aromatic rings. The third-order valence-corrected chi connectivity index (χ3v) is 10.1. The van der Waals surface area contributed by atoms with E-state index in [1.165, 1.54) is 16.7 Å². The molecular weight excluding hydrogens is 679 g/mol. The fourth-order valence-corrected chi connectivity index (χ4v) is 7.22. The van der Waals surface area contributed by atoms with E-state index >= 15 is 0 Å². The second-order valence-corrected chi connectivity index (χ2v) is 13.2. The largest absolute Gasteiger partial charge is 2.00 e. The Morgan fingerprint density at radius 2 is 0.800 bits per heavy atom. The van der Waals surface area contributed by atoms with Gasteiger partial charge in [0.05, 0.1) is 0 Å².